The van der Waals surface area contributed by atoms with Crippen molar-refractivity contribution in [2.24, 2.45) is 4.99 Å². The number of piperazine rings is 1. The predicted molar refractivity (Wildman–Crippen MR) is 138 cm³/mol. The molecule has 33 heavy (non-hydrogen) atoms. The van der Waals surface area contributed by atoms with Gasteiger partial charge in [-0.2, -0.15) is 5.26 Å². The van der Waals surface area contributed by atoms with Crippen LogP contribution in [0.3, 0.4) is 0 Å². The molecule has 1 aliphatic heterocycles. The molecule has 2 heterocycles. The van der Waals surface area contributed by atoms with Crippen LogP contribution >= 0.6 is 0 Å². The number of hydrogen-bond acceptors (Lipinski definition) is 4. The van der Waals surface area contributed by atoms with Crippen molar-refractivity contribution in [1.82, 2.24) is 14.8 Å². The van der Waals surface area contributed by atoms with E-state index in [-0.39, 0.29) is 6.04 Å². The lowest BCUT2D eigenvalue weighted by Gasteiger charge is -2.44. The summed E-state index contributed by atoms with van der Waals surface area (Å²) in [5, 5.41) is 9.33. The maximum Gasteiger partial charge on any atom is 0.155 e. The van der Waals surface area contributed by atoms with Gasteiger partial charge in [0.25, 0.3) is 0 Å². The number of aromatic nitrogens is 1. The Morgan fingerprint density at radius 2 is 1.88 bits per heavy atom. The summed E-state index contributed by atoms with van der Waals surface area (Å²) in [7, 11) is 0. The van der Waals surface area contributed by atoms with E-state index in [2.05, 4.69) is 72.5 Å². The Kier molecular flexibility index (Phi) is 9.81. The Labute approximate surface area is 200 Å². The fraction of sp³-hybridized carbons (Fsp3) is 0.464. The second-order valence-electron chi connectivity index (χ2n) is 8.45. The first-order valence-electron chi connectivity index (χ1n) is 12.1. The van der Waals surface area contributed by atoms with Gasteiger partial charge in [0, 0.05) is 37.4 Å². The third kappa shape index (κ3) is 6.52. The summed E-state index contributed by atoms with van der Waals surface area (Å²) >= 11 is 0. The van der Waals surface area contributed by atoms with Gasteiger partial charge in [-0.05, 0) is 56.9 Å². The minimum atomic E-state index is 0.260. The lowest BCUT2D eigenvalue weighted by atomic mass is 10.0. The number of hydrogen-bond donors (Lipinski definition) is 0. The molecule has 1 aromatic heterocycles. The molecule has 176 valence electrons. The van der Waals surface area contributed by atoms with Gasteiger partial charge in [-0.1, -0.05) is 57.7 Å². The number of aliphatic imine (C=N–C) groups is 1. The van der Waals surface area contributed by atoms with Crippen molar-refractivity contribution in [3.63, 3.8) is 0 Å². The fourth-order valence-corrected chi connectivity index (χ4v) is 4.15. The smallest absolute Gasteiger partial charge is 0.155 e. The first-order valence-corrected chi connectivity index (χ1v) is 12.1. The summed E-state index contributed by atoms with van der Waals surface area (Å²) in [6, 6.07) is 15.5. The van der Waals surface area contributed by atoms with Crippen molar-refractivity contribution in [2.75, 3.05) is 19.6 Å². The van der Waals surface area contributed by atoms with Crippen LogP contribution < -0.4 is 0 Å². The Morgan fingerprint density at radius 3 is 2.42 bits per heavy atom. The molecular weight excluding hydrogens is 406 g/mol. The molecule has 5 nitrogen and oxygen atoms in total. The molecule has 3 rings (SSSR count). The Hall–Kier alpha value is -2.97. The molecule has 2 atom stereocenters. The van der Waals surface area contributed by atoms with Crippen LogP contribution in [0.4, 0.5) is 0 Å². The minimum absolute atomic E-state index is 0.260. The summed E-state index contributed by atoms with van der Waals surface area (Å²) < 4.78 is 0. The van der Waals surface area contributed by atoms with Crippen LogP contribution in [0.1, 0.15) is 75.7 Å². The first kappa shape index (κ1) is 26.3. The van der Waals surface area contributed by atoms with E-state index in [4.69, 9.17) is 4.99 Å². The molecule has 0 radical (unpaired) electrons. The van der Waals surface area contributed by atoms with Gasteiger partial charge in [-0.25, -0.2) is 9.98 Å². The average Bonchev–Trinajstić information content (AvgIpc) is 2.84. The summed E-state index contributed by atoms with van der Waals surface area (Å²) in [6.45, 7) is 21.3. The third-order valence-electron chi connectivity index (χ3n) is 6.07. The van der Waals surface area contributed by atoms with Gasteiger partial charge in [-0.3, -0.25) is 4.90 Å². The zero-order valence-corrected chi connectivity index (χ0v) is 21.4. The van der Waals surface area contributed by atoms with Gasteiger partial charge in [-0.15, -0.1) is 0 Å². The van der Waals surface area contributed by atoms with E-state index in [0.717, 1.165) is 48.8 Å². The third-order valence-corrected chi connectivity index (χ3v) is 6.07. The first-order chi connectivity index (χ1) is 15.8. The van der Waals surface area contributed by atoms with E-state index >= 15 is 0 Å². The van der Waals surface area contributed by atoms with Gasteiger partial charge in [0.05, 0.1) is 0 Å². The Morgan fingerprint density at radius 1 is 1.21 bits per heavy atom. The van der Waals surface area contributed by atoms with Crippen molar-refractivity contribution >= 4 is 5.84 Å². The lowest BCUT2D eigenvalue weighted by molar-refractivity contribution is 0.103. The number of rotatable bonds is 5. The molecule has 0 amide bonds. The van der Waals surface area contributed by atoms with Crippen molar-refractivity contribution < 1.29 is 0 Å². The monoisotopic (exact) mass is 445 g/mol. The Balaban J connectivity index is 0.00000187. The van der Waals surface area contributed by atoms with Gasteiger partial charge in [0.2, 0.25) is 0 Å². The van der Waals surface area contributed by atoms with Crippen LogP contribution in [-0.2, 0) is 6.42 Å². The number of nitrogens with zero attached hydrogens (tertiary/aromatic N) is 5. The second kappa shape index (κ2) is 12.3. The maximum absolute atomic E-state index is 9.33. The van der Waals surface area contributed by atoms with E-state index in [0.29, 0.717) is 11.7 Å². The van der Waals surface area contributed by atoms with Gasteiger partial charge >= 0.3 is 0 Å². The Bertz CT molecular complexity index is 1000. The molecule has 0 spiro atoms. The molecule has 5 heteroatoms. The van der Waals surface area contributed by atoms with E-state index in [1.165, 1.54) is 11.1 Å². The second-order valence-corrected chi connectivity index (χ2v) is 8.45. The molecule has 1 saturated heterocycles. The maximum atomic E-state index is 9.33. The predicted octanol–water partition coefficient (Wildman–Crippen LogP) is 5.90. The zero-order valence-electron chi connectivity index (χ0n) is 21.4. The number of allylic oxidation sites excluding steroid dienone is 1. The normalized spacial score (nSPS) is 17.6. The largest absolute Gasteiger partial charge is 0.350 e. The highest BCUT2D eigenvalue weighted by atomic mass is 15.3. The SMILES string of the molecule is C=C(C)N=C(c1nc(C#N)ccc1C)N1CCN(C(C)c2ccc(CC)cc2)CC1C.CC. The molecule has 0 bridgehead atoms. The van der Waals surface area contributed by atoms with Crippen LogP contribution in [0.25, 0.3) is 0 Å². The standard InChI is InChI=1S/C26H33N5.C2H6/c1-7-22-9-11-23(12-10-22)21(6)30-14-15-31(20(5)17-30)26(28-18(2)3)25-19(4)8-13-24(16-27)29-25;1-2/h8-13,20-21H,2,7,14-15,17H2,1,3-6H3;1-2H3. The van der Waals surface area contributed by atoms with E-state index in [9.17, 15) is 5.26 Å². The van der Waals surface area contributed by atoms with Crippen molar-refractivity contribution in [3.05, 3.63) is 76.8 Å². The average molecular weight is 446 g/mol. The van der Waals surface area contributed by atoms with Gasteiger partial charge < -0.3 is 4.90 Å². The van der Waals surface area contributed by atoms with E-state index in [1.807, 2.05) is 33.8 Å². The fourth-order valence-electron chi connectivity index (χ4n) is 4.15. The molecular formula is C28H39N5. The van der Waals surface area contributed by atoms with Crippen molar-refractivity contribution in [3.8, 4) is 6.07 Å². The number of aryl methyl sites for hydroxylation is 2. The van der Waals surface area contributed by atoms with Gasteiger partial charge in [0.1, 0.15) is 17.5 Å². The summed E-state index contributed by atoms with van der Waals surface area (Å²) in [5.74, 6) is 0.814. The summed E-state index contributed by atoms with van der Waals surface area (Å²) in [5.41, 5.74) is 5.65. The summed E-state index contributed by atoms with van der Waals surface area (Å²) in [6.07, 6.45) is 1.07. The van der Waals surface area contributed by atoms with Crippen LogP contribution in [0.2, 0.25) is 0 Å². The molecule has 1 aromatic carbocycles. The van der Waals surface area contributed by atoms with Gasteiger partial charge in [0.15, 0.2) is 5.84 Å². The molecule has 1 fully saturated rings. The molecule has 0 aliphatic carbocycles. The molecule has 2 unspecified atom stereocenters. The number of amidine groups is 1. The van der Waals surface area contributed by atoms with Crippen LogP contribution in [-0.4, -0.2) is 46.3 Å². The molecule has 0 N–H and O–H groups in total. The number of nitriles is 1. The quantitative estimate of drug-likeness (QED) is 0.425. The van der Waals surface area contributed by atoms with Crippen molar-refractivity contribution in [1.29, 1.82) is 5.26 Å². The van der Waals surface area contributed by atoms with Crippen LogP contribution in [0.5, 0.6) is 0 Å². The van der Waals surface area contributed by atoms with Crippen LogP contribution in [0.15, 0.2) is 53.7 Å². The highest BCUT2D eigenvalue weighted by Crippen LogP contribution is 2.25. The highest BCUT2D eigenvalue weighted by Gasteiger charge is 2.30. The van der Waals surface area contributed by atoms with E-state index < -0.39 is 0 Å². The molecule has 2 aromatic rings. The lowest BCUT2D eigenvalue weighted by Crippen LogP contribution is -2.54. The highest BCUT2D eigenvalue weighted by molar-refractivity contribution is 5.99. The van der Waals surface area contributed by atoms with Crippen LogP contribution in [0, 0.1) is 18.3 Å². The molecule has 0 saturated carbocycles. The number of pyridine rings is 1. The van der Waals surface area contributed by atoms with E-state index in [1.54, 1.807) is 6.07 Å². The topological polar surface area (TPSA) is 55.5 Å². The molecule has 1 aliphatic rings. The van der Waals surface area contributed by atoms with Crippen molar-refractivity contribution in [2.45, 2.75) is 67.0 Å². The zero-order chi connectivity index (χ0) is 24.5. The number of benzene rings is 1. The minimum Gasteiger partial charge on any atom is -0.350 e. The summed E-state index contributed by atoms with van der Waals surface area (Å²) in [4.78, 5) is 14.2.